The van der Waals surface area contributed by atoms with Crippen LogP contribution in [0.2, 0.25) is 0 Å². The Morgan fingerprint density at radius 2 is 2.14 bits per heavy atom. The lowest BCUT2D eigenvalue weighted by Crippen LogP contribution is -1.82. The maximum Gasteiger partial charge on any atom is 0.292 e. The Morgan fingerprint density at radius 1 is 1.57 bits per heavy atom. The van der Waals surface area contributed by atoms with Crippen LogP contribution in [0.25, 0.3) is 1.43 Å². The predicted octanol–water partition coefficient (Wildman–Crippen LogP) is -0.174. The Morgan fingerprint density at radius 3 is 2.29 bits per heavy atom. The SMILES string of the molecule is [2H]OC=C(C=O)C=O. The molecule has 0 aliphatic heterocycles. The third-order valence-corrected chi connectivity index (χ3v) is 0.408. The summed E-state index contributed by atoms with van der Waals surface area (Å²) in [7, 11) is 0. The highest BCUT2D eigenvalue weighted by Gasteiger charge is 1.84. The van der Waals surface area contributed by atoms with E-state index in [0.29, 0.717) is 12.6 Å². The van der Waals surface area contributed by atoms with Crippen LogP contribution in [0.1, 0.15) is 0 Å². The molecule has 0 spiro atoms. The van der Waals surface area contributed by atoms with Gasteiger partial charge in [0.25, 0.3) is 1.43 Å². The van der Waals surface area contributed by atoms with Gasteiger partial charge in [-0.05, 0) is 0 Å². The van der Waals surface area contributed by atoms with Crippen molar-refractivity contribution >= 4 is 12.6 Å². The van der Waals surface area contributed by atoms with Gasteiger partial charge in [0.15, 0.2) is 12.6 Å². The highest BCUT2D eigenvalue weighted by atomic mass is 16.2. The van der Waals surface area contributed by atoms with Crippen molar-refractivity contribution in [2.24, 2.45) is 0 Å². The summed E-state index contributed by atoms with van der Waals surface area (Å²) in [4.78, 5) is 19.3. The monoisotopic (exact) mass is 101 g/mol. The average molecular weight is 101 g/mol. The van der Waals surface area contributed by atoms with Crippen molar-refractivity contribution in [1.29, 1.82) is 1.43 Å². The fourth-order valence-corrected chi connectivity index (χ4v) is 0.0833. The minimum Gasteiger partial charge on any atom is -0.515 e. The summed E-state index contributed by atoms with van der Waals surface area (Å²) in [6, 6.07) is 0. The van der Waals surface area contributed by atoms with Crippen molar-refractivity contribution in [2.45, 2.75) is 0 Å². The van der Waals surface area contributed by atoms with Crippen LogP contribution in [0.5, 0.6) is 0 Å². The largest absolute Gasteiger partial charge is 0.515 e. The maximum atomic E-state index is 9.66. The molecule has 0 rings (SSSR count). The molecule has 0 fully saturated rings. The molecule has 38 valence electrons. The zero-order chi connectivity index (χ0) is 6.41. The van der Waals surface area contributed by atoms with Gasteiger partial charge in [0.05, 0.1) is 11.8 Å². The van der Waals surface area contributed by atoms with E-state index in [4.69, 9.17) is 1.43 Å². The zero-order valence-corrected chi connectivity index (χ0v) is 3.46. The molecule has 0 amide bonds. The number of carbonyl (C=O) groups excluding carboxylic acids is 2. The molecule has 0 aliphatic rings. The van der Waals surface area contributed by atoms with E-state index in [1.54, 1.807) is 0 Å². The number of hydrogen-bond acceptors (Lipinski definition) is 3. The fraction of sp³-hybridized carbons (Fsp3) is 0. The molecule has 0 aromatic heterocycles. The van der Waals surface area contributed by atoms with Crippen LogP contribution in [0.4, 0.5) is 0 Å². The third kappa shape index (κ3) is 1.70. The van der Waals surface area contributed by atoms with Crippen LogP contribution in [0, 0.1) is 0 Å². The Kier molecular flexibility index (Phi) is 1.78. The second-order valence-electron chi connectivity index (χ2n) is 0.854. The van der Waals surface area contributed by atoms with E-state index in [9.17, 15) is 9.59 Å². The van der Waals surface area contributed by atoms with E-state index in [1.165, 1.54) is 0 Å². The lowest BCUT2D eigenvalue weighted by Gasteiger charge is -1.72. The Hall–Kier alpha value is -1.12. The molecule has 3 heteroatoms. The Balaban J connectivity index is 3.85. The predicted molar refractivity (Wildman–Crippen MR) is 22.8 cm³/mol. The number of aliphatic hydroxyl groups excluding tert-OH is 1. The first-order valence-corrected chi connectivity index (χ1v) is 1.57. The van der Waals surface area contributed by atoms with Gasteiger partial charge in [-0.25, -0.2) is 0 Å². The first-order chi connectivity index (χ1) is 3.85. The van der Waals surface area contributed by atoms with Crippen LogP contribution in [-0.2, 0) is 9.59 Å². The molecule has 0 saturated heterocycles. The molecule has 0 unspecified atom stereocenters. The van der Waals surface area contributed by atoms with Gasteiger partial charge in [0.1, 0.15) is 0 Å². The van der Waals surface area contributed by atoms with Gasteiger partial charge in [-0.2, -0.15) is 0 Å². The summed E-state index contributed by atoms with van der Waals surface area (Å²) in [5.74, 6) is 0. The van der Waals surface area contributed by atoms with Gasteiger partial charge in [-0.15, -0.1) is 0 Å². The van der Waals surface area contributed by atoms with Crippen LogP contribution >= 0.6 is 0 Å². The summed E-state index contributed by atoms with van der Waals surface area (Å²) < 4.78 is 6.05. The molecule has 0 saturated carbocycles. The van der Waals surface area contributed by atoms with Gasteiger partial charge in [-0.1, -0.05) is 0 Å². The van der Waals surface area contributed by atoms with Gasteiger partial charge in [-0.3, -0.25) is 9.59 Å². The first kappa shape index (κ1) is 4.05. The van der Waals surface area contributed by atoms with Gasteiger partial charge in [0, 0.05) is 0 Å². The molecular formula is C4H4O3. The smallest absolute Gasteiger partial charge is 0.292 e. The van der Waals surface area contributed by atoms with E-state index in [2.05, 4.69) is 5.11 Å². The minimum absolute atomic E-state index is 0.181. The van der Waals surface area contributed by atoms with Crippen LogP contribution in [0.3, 0.4) is 0 Å². The van der Waals surface area contributed by atoms with E-state index in [0.717, 1.165) is 6.26 Å². The summed E-state index contributed by atoms with van der Waals surface area (Å²) >= 11 is 0. The summed E-state index contributed by atoms with van der Waals surface area (Å²) in [6.45, 7) is 0. The molecular weight excluding hydrogens is 96.0 g/mol. The molecule has 0 atom stereocenters. The zero-order valence-electron chi connectivity index (χ0n) is 4.46. The number of carbonyl (C=O) groups is 2. The first-order valence-electron chi connectivity index (χ1n) is 1.98. The molecule has 7 heavy (non-hydrogen) atoms. The lowest BCUT2D eigenvalue weighted by molar-refractivity contribution is -0.109. The highest BCUT2D eigenvalue weighted by molar-refractivity contribution is 5.98. The van der Waals surface area contributed by atoms with Gasteiger partial charge >= 0.3 is 0 Å². The molecule has 0 aromatic carbocycles. The standard InChI is InChI=1S/C4H4O3/c5-1-4(2-6)3-7/h1-3,5H/i/hD. The van der Waals surface area contributed by atoms with E-state index in [1.807, 2.05) is 0 Å². The fourth-order valence-electron chi connectivity index (χ4n) is 0.0833. The van der Waals surface area contributed by atoms with Gasteiger partial charge in [0.2, 0.25) is 0 Å². The van der Waals surface area contributed by atoms with Crippen molar-refractivity contribution in [3.8, 4) is 0 Å². The van der Waals surface area contributed by atoms with E-state index >= 15 is 0 Å². The van der Waals surface area contributed by atoms with E-state index < -0.39 is 0 Å². The van der Waals surface area contributed by atoms with E-state index in [-0.39, 0.29) is 5.57 Å². The van der Waals surface area contributed by atoms with Crippen molar-refractivity contribution in [3.63, 3.8) is 0 Å². The maximum absolute atomic E-state index is 9.66. The molecule has 0 aromatic rings. The van der Waals surface area contributed by atoms with Crippen LogP contribution in [-0.4, -0.2) is 17.7 Å². The second kappa shape index (κ2) is 3.08. The molecule has 1 N–H and O–H groups in total. The number of hydrogen-bond donors (Lipinski definition) is 1. The highest BCUT2D eigenvalue weighted by Crippen LogP contribution is 1.75. The number of allylic oxidation sites excluding steroid dienone is 1. The quantitative estimate of drug-likeness (QED) is 0.176. The van der Waals surface area contributed by atoms with Crippen molar-refractivity contribution in [2.75, 3.05) is 0 Å². The summed E-state index contributed by atoms with van der Waals surface area (Å²) in [5, 5.41) is 3.61. The Labute approximate surface area is 41.8 Å². The summed E-state index contributed by atoms with van der Waals surface area (Å²) in [5.41, 5.74) is -0.181. The molecule has 0 aliphatic carbocycles. The number of aldehydes is 2. The molecule has 0 bridgehead atoms. The normalized spacial score (nSPS) is 8.29. The Bertz CT molecular complexity index is 108. The molecule has 3 nitrogen and oxygen atoms in total. The molecule has 0 radical (unpaired) electrons. The van der Waals surface area contributed by atoms with Crippen molar-refractivity contribution < 1.29 is 14.7 Å². The van der Waals surface area contributed by atoms with Gasteiger partial charge < -0.3 is 5.11 Å². The average Bonchev–Trinajstić information content (AvgIpc) is 1.83. The minimum atomic E-state index is -0.181. The van der Waals surface area contributed by atoms with Crippen LogP contribution in [0.15, 0.2) is 11.8 Å². The lowest BCUT2D eigenvalue weighted by atomic mass is 10.4. The topological polar surface area (TPSA) is 54.4 Å². The summed E-state index contributed by atoms with van der Waals surface area (Å²) in [6.07, 6.45) is 1.36. The van der Waals surface area contributed by atoms with Crippen molar-refractivity contribution in [3.05, 3.63) is 11.8 Å². The third-order valence-electron chi connectivity index (χ3n) is 0.408. The van der Waals surface area contributed by atoms with Crippen LogP contribution < -0.4 is 0 Å². The number of rotatable bonds is 3. The second-order valence-corrected chi connectivity index (χ2v) is 0.854. The van der Waals surface area contributed by atoms with Crippen molar-refractivity contribution in [1.82, 2.24) is 0 Å². The number of aliphatic hydroxyl groups is 1. The molecule has 0 heterocycles.